The summed E-state index contributed by atoms with van der Waals surface area (Å²) in [6.45, 7) is 1.51. The Morgan fingerprint density at radius 1 is 1.00 bits per heavy atom. The van der Waals surface area contributed by atoms with Gasteiger partial charge in [-0.05, 0) is 42.5 Å². The molecule has 0 N–H and O–H groups in total. The van der Waals surface area contributed by atoms with Crippen molar-refractivity contribution in [2.45, 2.75) is 24.9 Å². The van der Waals surface area contributed by atoms with Gasteiger partial charge in [0.05, 0.1) is 26.4 Å². The van der Waals surface area contributed by atoms with Crippen LogP contribution in [0.4, 0.5) is 0 Å². The average molecular weight is 429 g/mol. The normalized spacial score (nSPS) is 17.4. The van der Waals surface area contributed by atoms with Gasteiger partial charge in [0.25, 0.3) is 11.5 Å². The Balaban J connectivity index is 1.61. The third kappa shape index (κ3) is 3.42. The zero-order valence-electron chi connectivity index (χ0n) is 18.3. The van der Waals surface area contributed by atoms with Crippen molar-refractivity contribution in [3.05, 3.63) is 55.9 Å². The number of ether oxygens (including phenoxy) is 3. The van der Waals surface area contributed by atoms with Gasteiger partial charge in [0.15, 0.2) is 11.5 Å². The lowest BCUT2D eigenvalue weighted by molar-refractivity contribution is -0.0937. The summed E-state index contributed by atoms with van der Waals surface area (Å²) in [7, 11) is 6.12. The van der Waals surface area contributed by atoms with E-state index in [1.165, 1.54) is 24.7 Å². The molecule has 1 aromatic carbocycles. The second-order valence-electron chi connectivity index (χ2n) is 8.02. The first-order chi connectivity index (χ1) is 14.8. The maximum atomic E-state index is 13.1. The van der Waals surface area contributed by atoms with Crippen LogP contribution in [0.15, 0.2) is 27.8 Å². The molecule has 0 radical (unpaired) electrons. The minimum atomic E-state index is -0.519. The molecular formula is C22H27N3O6. The molecule has 1 amide bonds. The van der Waals surface area contributed by atoms with Crippen molar-refractivity contribution >= 4 is 5.91 Å². The summed E-state index contributed by atoms with van der Waals surface area (Å²) in [5.74, 6) is 1.02. The SMILES string of the molecule is COc1cc2c(cc1OC)C1(CCN(C(=O)c3cc(=O)n(C)c(=O)n3C)CC1)OCC2. The van der Waals surface area contributed by atoms with Crippen molar-refractivity contribution in [2.24, 2.45) is 14.1 Å². The molecule has 9 nitrogen and oxygen atoms in total. The zero-order chi connectivity index (χ0) is 22.3. The Morgan fingerprint density at radius 2 is 1.65 bits per heavy atom. The number of aromatic nitrogens is 2. The first kappa shape index (κ1) is 21.2. The molecule has 0 aliphatic carbocycles. The van der Waals surface area contributed by atoms with E-state index in [1.807, 2.05) is 12.1 Å². The number of benzene rings is 1. The van der Waals surface area contributed by atoms with Crippen LogP contribution in [0.3, 0.4) is 0 Å². The van der Waals surface area contributed by atoms with E-state index in [0.717, 1.165) is 22.1 Å². The maximum absolute atomic E-state index is 13.1. The lowest BCUT2D eigenvalue weighted by Crippen LogP contribution is -2.49. The molecule has 1 saturated heterocycles. The van der Waals surface area contributed by atoms with E-state index in [1.54, 1.807) is 19.1 Å². The summed E-state index contributed by atoms with van der Waals surface area (Å²) in [4.78, 5) is 39.0. The highest BCUT2D eigenvalue weighted by atomic mass is 16.5. The molecular weight excluding hydrogens is 402 g/mol. The van der Waals surface area contributed by atoms with Crippen molar-refractivity contribution in [3.63, 3.8) is 0 Å². The number of rotatable bonds is 3. The summed E-state index contributed by atoms with van der Waals surface area (Å²) in [5, 5.41) is 0. The number of likely N-dealkylation sites (tertiary alicyclic amines) is 1. The number of amides is 1. The third-order valence-electron chi connectivity index (χ3n) is 6.45. The number of methoxy groups -OCH3 is 2. The van der Waals surface area contributed by atoms with E-state index in [-0.39, 0.29) is 11.6 Å². The first-order valence-corrected chi connectivity index (χ1v) is 10.3. The summed E-state index contributed by atoms with van der Waals surface area (Å²) in [6.07, 6.45) is 2.01. The molecule has 0 saturated carbocycles. The molecule has 3 heterocycles. The minimum absolute atomic E-state index is 0.0976. The zero-order valence-corrected chi connectivity index (χ0v) is 18.3. The Labute approximate surface area is 179 Å². The van der Waals surface area contributed by atoms with Gasteiger partial charge < -0.3 is 19.1 Å². The molecule has 0 bridgehead atoms. The second-order valence-corrected chi connectivity index (χ2v) is 8.02. The van der Waals surface area contributed by atoms with Crippen molar-refractivity contribution in [1.82, 2.24) is 14.0 Å². The fourth-order valence-corrected chi connectivity index (χ4v) is 4.57. The lowest BCUT2D eigenvalue weighted by atomic mass is 9.79. The number of fused-ring (bicyclic) bond motifs is 2. The van der Waals surface area contributed by atoms with Crippen molar-refractivity contribution < 1.29 is 19.0 Å². The van der Waals surface area contributed by atoms with Crippen LogP contribution >= 0.6 is 0 Å². The van der Waals surface area contributed by atoms with Crippen LogP contribution in [0, 0.1) is 0 Å². The molecule has 2 aromatic rings. The molecule has 1 spiro atoms. The van der Waals surface area contributed by atoms with Crippen LogP contribution in [0.1, 0.15) is 34.5 Å². The van der Waals surface area contributed by atoms with Crippen LogP contribution in [-0.2, 0) is 30.9 Å². The predicted octanol–water partition coefficient (Wildman–Crippen LogP) is 0.805. The Kier molecular flexibility index (Phi) is 5.38. The second kappa shape index (κ2) is 7.88. The van der Waals surface area contributed by atoms with Gasteiger partial charge in [-0.3, -0.25) is 18.7 Å². The molecule has 0 atom stereocenters. The van der Waals surface area contributed by atoms with Gasteiger partial charge in [-0.1, -0.05) is 0 Å². The lowest BCUT2D eigenvalue weighted by Gasteiger charge is -2.45. The van der Waals surface area contributed by atoms with Gasteiger partial charge in [-0.25, -0.2) is 4.79 Å². The summed E-state index contributed by atoms with van der Waals surface area (Å²) in [5.41, 5.74) is 0.825. The van der Waals surface area contributed by atoms with E-state index < -0.39 is 16.9 Å². The molecule has 166 valence electrons. The highest BCUT2D eigenvalue weighted by molar-refractivity contribution is 5.92. The van der Waals surface area contributed by atoms with Crippen molar-refractivity contribution in [2.75, 3.05) is 33.9 Å². The molecule has 0 unspecified atom stereocenters. The van der Waals surface area contributed by atoms with Gasteiger partial charge in [-0.2, -0.15) is 0 Å². The number of nitrogens with zero attached hydrogens (tertiary/aromatic N) is 3. The Bertz CT molecular complexity index is 1140. The molecule has 4 rings (SSSR count). The van der Waals surface area contributed by atoms with E-state index in [4.69, 9.17) is 14.2 Å². The summed E-state index contributed by atoms with van der Waals surface area (Å²) >= 11 is 0. The topological polar surface area (TPSA) is 92.0 Å². The fraction of sp³-hybridized carbons (Fsp3) is 0.500. The molecule has 9 heteroatoms. The van der Waals surface area contributed by atoms with E-state index >= 15 is 0 Å². The van der Waals surface area contributed by atoms with E-state index in [9.17, 15) is 14.4 Å². The first-order valence-electron chi connectivity index (χ1n) is 10.3. The van der Waals surface area contributed by atoms with Crippen LogP contribution in [0.5, 0.6) is 11.5 Å². The van der Waals surface area contributed by atoms with Gasteiger partial charge in [0.1, 0.15) is 5.69 Å². The van der Waals surface area contributed by atoms with Crippen LogP contribution in [0.25, 0.3) is 0 Å². The Morgan fingerprint density at radius 3 is 2.29 bits per heavy atom. The minimum Gasteiger partial charge on any atom is -0.493 e. The van der Waals surface area contributed by atoms with Crippen molar-refractivity contribution in [1.29, 1.82) is 0 Å². The number of hydrogen-bond acceptors (Lipinski definition) is 6. The number of hydrogen-bond donors (Lipinski definition) is 0. The van der Waals surface area contributed by atoms with Crippen LogP contribution in [-0.4, -0.2) is 53.9 Å². The predicted molar refractivity (Wildman–Crippen MR) is 113 cm³/mol. The largest absolute Gasteiger partial charge is 0.493 e. The molecule has 1 fully saturated rings. The monoisotopic (exact) mass is 429 g/mol. The quantitative estimate of drug-likeness (QED) is 0.717. The fourth-order valence-electron chi connectivity index (χ4n) is 4.57. The summed E-state index contributed by atoms with van der Waals surface area (Å²) in [6, 6.07) is 5.21. The molecule has 2 aliphatic heterocycles. The summed E-state index contributed by atoms with van der Waals surface area (Å²) < 4.78 is 19.4. The smallest absolute Gasteiger partial charge is 0.331 e. The number of carbonyl (C=O) groups excluding carboxylic acids is 1. The maximum Gasteiger partial charge on any atom is 0.331 e. The van der Waals surface area contributed by atoms with Crippen molar-refractivity contribution in [3.8, 4) is 11.5 Å². The highest BCUT2D eigenvalue weighted by Crippen LogP contribution is 2.45. The molecule has 1 aromatic heterocycles. The van der Waals surface area contributed by atoms with Crippen LogP contribution in [0.2, 0.25) is 0 Å². The van der Waals surface area contributed by atoms with Crippen LogP contribution < -0.4 is 20.7 Å². The average Bonchev–Trinajstić information content (AvgIpc) is 2.79. The number of piperidine rings is 1. The standard InChI is InChI=1S/C22H27N3O6/c1-23-16(13-19(26)24(2)21(23)28)20(27)25-8-6-22(7-9-25)15-12-18(30-4)17(29-3)11-14(15)5-10-31-22/h11-13H,5-10H2,1-4H3. The van der Waals surface area contributed by atoms with Gasteiger partial charge >= 0.3 is 5.69 Å². The molecule has 31 heavy (non-hydrogen) atoms. The van der Waals surface area contributed by atoms with Gasteiger partial charge in [0.2, 0.25) is 0 Å². The van der Waals surface area contributed by atoms with Gasteiger partial charge in [0, 0.05) is 33.3 Å². The highest BCUT2D eigenvalue weighted by Gasteiger charge is 2.42. The van der Waals surface area contributed by atoms with E-state index in [2.05, 4.69) is 0 Å². The Hall–Kier alpha value is -3.07. The van der Waals surface area contributed by atoms with Gasteiger partial charge in [-0.15, -0.1) is 0 Å². The molecule has 2 aliphatic rings. The third-order valence-corrected chi connectivity index (χ3v) is 6.45. The van der Waals surface area contributed by atoms with E-state index in [0.29, 0.717) is 44.0 Å². The number of carbonyl (C=O) groups is 1.